The fourth-order valence-corrected chi connectivity index (χ4v) is 1.74. The maximum Gasteiger partial charge on any atom is 0.255 e. The Hall–Kier alpha value is -0.830. The Morgan fingerprint density at radius 3 is 3.17 bits per heavy atom. The summed E-state index contributed by atoms with van der Waals surface area (Å²) < 4.78 is 1.87. The predicted molar refractivity (Wildman–Crippen MR) is 45.3 cm³/mol. The highest BCUT2D eigenvalue weighted by Crippen LogP contribution is 2.19. The van der Waals surface area contributed by atoms with E-state index in [-0.39, 0.29) is 0 Å². The van der Waals surface area contributed by atoms with E-state index < -0.39 is 5.24 Å². The van der Waals surface area contributed by atoms with Crippen LogP contribution in [0.2, 0.25) is 0 Å². The van der Waals surface area contributed by atoms with Crippen molar-refractivity contribution < 1.29 is 4.79 Å². The van der Waals surface area contributed by atoms with Crippen molar-refractivity contribution in [3.63, 3.8) is 0 Å². The SMILES string of the molecule is O=C(Cl)c1cnn2c1CCCC2. The second kappa shape index (κ2) is 2.90. The molecule has 0 radical (unpaired) electrons. The van der Waals surface area contributed by atoms with E-state index >= 15 is 0 Å². The molecule has 0 spiro atoms. The zero-order chi connectivity index (χ0) is 8.55. The Labute approximate surface area is 75.3 Å². The number of rotatable bonds is 1. The van der Waals surface area contributed by atoms with Crippen LogP contribution in [-0.4, -0.2) is 15.0 Å². The second-order valence-corrected chi connectivity index (χ2v) is 3.30. The number of carbonyl (C=O) groups excluding carboxylic acids is 1. The summed E-state index contributed by atoms with van der Waals surface area (Å²) in [6.45, 7) is 0.916. The van der Waals surface area contributed by atoms with E-state index in [9.17, 15) is 4.79 Å². The van der Waals surface area contributed by atoms with Crippen molar-refractivity contribution in [3.05, 3.63) is 17.5 Å². The fourth-order valence-electron chi connectivity index (χ4n) is 1.59. The first-order chi connectivity index (χ1) is 5.79. The molecule has 1 aliphatic heterocycles. The summed E-state index contributed by atoms with van der Waals surface area (Å²) in [5, 5.41) is 3.70. The molecule has 12 heavy (non-hydrogen) atoms. The fraction of sp³-hybridized carbons (Fsp3) is 0.500. The summed E-state index contributed by atoms with van der Waals surface area (Å²) in [7, 11) is 0. The van der Waals surface area contributed by atoms with Crippen LogP contribution < -0.4 is 0 Å². The third kappa shape index (κ3) is 1.14. The number of hydrogen-bond acceptors (Lipinski definition) is 2. The summed E-state index contributed by atoms with van der Waals surface area (Å²) in [5.41, 5.74) is 1.58. The quantitative estimate of drug-likeness (QED) is 0.622. The minimum atomic E-state index is -0.391. The lowest BCUT2D eigenvalue weighted by molar-refractivity contribution is 0.108. The number of hydrogen-bond donors (Lipinski definition) is 0. The van der Waals surface area contributed by atoms with Crippen molar-refractivity contribution in [1.82, 2.24) is 9.78 Å². The Morgan fingerprint density at radius 2 is 2.42 bits per heavy atom. The van der Waals surface area contributed by atoms with E-state index in [4.69, 9.17) is 11.6 Å². The molecule has 2 rings (SSSR count). The number of aromatic nitrogens is 2. The largest absolute Gasteiger partial charge is 0.275 e. The van der Waals surface area contributed by atoms with Gasteiger partial charge in [-0.3, -0.25) is 9.48 Å². The van der Waals surface area contributed by atoms with Crippen LogP contribution >= 0.6 is 11.6 Å². The zero-order valence-electron chi connectivity index (χ0n) is 6.59. The Balaban J connectivity index is 2.44. The smallest absolute Gasteiger partial charge is 0.255 e. The summed E-state index contributed by atoms with van der Waals surface area (Å²) in [6, 6.07) is 0. The van der Waals surface area contributed by atoms with E-state index in [0.29, 0.717) is 5.56 Å². The highest BCUT2D eigenvalue weighted by atomic mass is 35.5. The van der Waals surface area contributed by atoms with Crippen LogP contribution in [0, 0.1) is 0 Å². The molecule has 0 saturated carbocycles. The second-order valence-electron chi connectivity index (χ2n) is 2.96. The van der Waals surface area contributed by atoms with Gasteiger partial charge in [0, 0.05) is 6.54 Å². The maximum absolute atomic E-state index is 10.9. The topological polar surface area (TPSA) is 34.9 Å². The van der Waals surface area contributed by atoms with Gasteiger partial charge in [-0.15, -0.1) is 0 Å². The highest BCUT2D eigenvalue weighted by Gasteiger charge is 2.17. The van der Waals surface area contributed by atoms with Gasteiger partial charge in [0.2, 0.25) is 0 Å². The Kier molecular flexibility index (Phi) is 1.89. The molecule has 64 valence electrons. The molecule has 1 aliphatic rings. The molecular weight excluding hydrogens is 176 g/mol. The molecule has 3 nitrogen and oxygen atoms in total. The van der Waals surface area contributed by atoms with Crippen LogP contribution in [0.5, 0.6) is 0 Å². The maximum atomic E-state index is 10.9. The first kappa shape index (κ1) is 7.80. The number of carbonyl (C=O) groups is 1. The van der Waals surface area contributed by atoms with E-state index in [1.807, 2.05) is 4.68 Å². The first-order valence-electron chi connectivity index (χ1n) is 4.03. The molecule has 1 aromatic heterocycles. The highest BCUT2D eigenvalue weighted by molar-refractivity contribution is 6.67. The number of fused-ring (bicyclic) bond motifs is 1. The number of aryl methyl sites for hydroxylation is 1. The number of halogens is 1. The molecular formula is C8H9ClN2O. The van der Waals surface area contributed by atoms with Gasteiger partial charge in [-0.1, -0.05) is 0 Å². The monoisotopic (exact) mass is 184 g/mol. The summed E-state index contributed by atoms with van der Waals surface area (Å²) in [4.78, 5) is 10.9. The predicted octanol–water partition coefficient (Wildman–Crippen LogP) is 1.60. The third-order valence-corrected chi connectivity index (χ3v) is 2.40. The van der Waals surface area contributed by atoms with Crippen LogP contribution in [0.1, 0.15) is 28.9 Å². The Morgan fingerprint density at radius 1 is 1.58 bits per heavy atom. The van der Waals surface area contributed by atoms with Crippen molar-refractivity contribution in [2.75, 3.05) is 0 Å². The van der Waals surface area contributed by atoms with E-state index in [1.54, 1.807) is 6.20 Å². The van der Waals surface area contributed by atoms with Crippen LogP contribution in [0.15, 0.2) is 6.20 Å². The summed E-state index contributed by atoms with van der Waals surface area (Å²) in [6.07, 6.45) is 4.76. The normalized spacial score (nSPS) is 15.8. The van der Waals surface area contributed by atoms with Crippen LogP contribution in [0.3, 0.4) is 0 Å². The van der Waals surface area contributed by atoms with Gasteiger partial charge >= 0.3 is 0 Å². The molecule has 0 atom stereocenters. The van der Waals surface area contributed by atoms with E-state index in [1.165, 1.54) is 0 Å². The van der Waals surface area contributed by atoms with Crippen LogP contribution in [0.25, 0.3) is 0 Å². The van der Waals surface area contributed by atoms with Crippen molar-refractivity contribution in [1.29, 1.82) is 0 Å². The molecule has 2 heterocycles. The molecule has 0 N–H and O–H groups in total. The molecule has 4 heteroatoms. The zero-order valence-corrected chi connectivity index (χ0v) is 7.34. The van der Waals surface area contributed by atoms with E-state index in [2.05, 4.69) is 5.10 Å². The van der Waals surface area contributed by atoms with Crippen molar-refractivity contribution in [2.45, 2.75) is 25.8 Å². The first-order valence-corrected chi connectivity index (χ1v) is 4.41. The molecule has 0 saturated heterocycles. The lowest BCUT2D eigenvalue weighted by atomic mass is 10.1. The summed E-state index contributed by atoms with van der Waals surface area (Å²) in [5.74, 6) is 0. The minimum absolute atomic E-state index is 0.391. The van der Waals surface area contributed by atoms with Gasteiger partial charge in [0.1, 0.15) is 0 Å². The van der Waals surface area contributed by atoms with Crippen LogP contribution in [0.4, 0.5) is 0 Å². The van der Waals surface area contributed by atoms with Crippen LogP contribution in [-0.2, 0) is 13.0 Å². The minimum Gasteiger partial charge on any atom is -0.275 e. The molecule has 0 amide bonds. The van der Waals surface area contributed by atoms with Gasteiger partial charge in [-0.2, -0.15) is 5.10 Å². The van der Waals surface area contributed by atoms with Gasteiger partial charge in [0.05, 0.1) is 17.5 Å². The Bertz CT molecular complexity index is 319. The molecule has 0 unspecified atom stereocenters. The van der Waals surface area contributed by atoms with Gasteiger partial charge in [0.25, 0.3) is 5.24 Å². The van der Waals surface area contributed by atoms with Gasteiger partial charge in [0.15, 0.2) is 0 Å². The van der Waals surface area contributed by atoms with E-state index in [0.717, 1.165) is 31.5 Å². The van der Waals surface area contributed by atoms with Crippen molar-refractivity contribution in [2.24, 2.45) is 0 Å². The van der Waals surface area contributed by atoms with Crippen molar-refractivity contribution in [3.8, 4) is 0 Å². The molecule has 0 aliphatic carbocycles. The molecule has 0 aromatic carbocycles. The average Bonchev–Trinajstić information content (AvgIpc) is 2.47. The molecule has 1 aromatic rings. The molecule has 0 bridgehead atoms. The lowest BCUT2D eigenvalue weighted by Gasteiger charge is -2.13. The van der Waals surface area contributed by atoms with Gasteiger partial charge < -0.3 is 0 Å². The lowest BCUT2D eigenvalue weighted by Crippen LogP contribution is -2.12. The van der Waals surface area contributed by atoms with Gasteiger partial charge in [-0.25, -0.2) is 0 Å². The number of nitrogens with zero attached hydrogens (tertiary/aromatic N) is 2. The van der Waals surface area contributed by atoms with Crippen molar-refractivity contribution >= 4 is 16.8 Å². The van der Waals surface area contributed by atoms with Gasteiger partial charge in [-0.05, 0) is 30.9 Å². The molecule has 0 fully saturated rings. The average molecular weight is 185 g/mol. The summed E-state index contributed by atoms with van der Waals surface area (Å²) >= 11 is 5.39. The third-order valence-electron chi connectivity index (χ3n) is 2.19. The standard InChI is InChI=1S/C8H9ClN2O/c9-8(12)6-5-10-11-4-2-1-3-7(6)11/h5H,1-4H2.